The molecular weight excluding hydrogens is 480 g/mol. The van der Waals surface area contributed by atoms with Crippen molar-refractivity contribution in [3.8, 4) is 5.75 Å². The standard InChI is InChI=1S/C27H35F2N5O3/c1-16(18-10-19(12-20(30)11-18)27(28,29)15-35-3)31-26-22-13-24(34-8-6-21(36-4)7-9-34)25(37-5)14-23(22)32-17(2)33-26/h10-14,16,21H,6-9,15,30H2,1-5H3,(H,31,32,33)/t16-/m1/s1. The van der Waals surface area contributed by atoms with Gasteiger partial charge in [-0.05, 0) is 56.5 Å². The van der Waals surface area contributed by atoms with Crippen LogP contribution in [0.3, 0.4) is 0 Å². The summed E-state index contributed by atoms with van der Waals surface area (Å²) in [4.78, 5) is 11.6. The number of methoxy groups -OCH3 is 3. The quantitative estimate of drug-likeness (QED) is 0.382. The number of anilines is 3. The van der Waals surface area contributed by atoms with Crippen molar-refractivity contribution in [2.24, 2.45) is 0 Å². The van der Waals surface area contributed by atoms with Gasteiger partial charge in [-0.1, -0.05) is 0 Å². The van der Waals surface area contributed by atoms with E-state index < -0.39 is 12.5 Å². The Kier molecular flexibility index (Phi) is 7.99. The van der Waals surface area contributed by atoms with Gasteiger partial charge in [-0.15, -0.1) is 0 Å². The third-order valence-electron chi connectivity index (χ3n) is 6.80. The fraction of sp³-hybridized carbons (Fsp3) is 0.481. The molecule has 0 spiro atoms. The van der Waals surface area contributed by atoms with Crippen molar-refractivity contribution in [2.75, 3.05) is 57.0 Å². The van der Waals surface area contributed by atoms with Crippen LogP contribution in [0.1, 0.15) is 42.8 Å². The number of aromatic nitrogens is 2. The minimum atomic E-state index is -3.15. The number of halogens is 2. The summed E-state index contributed by atoms with van der Waals surface area (Å²) in [6, 6.07) is 8.02. The predicted octanol–water partition coefficient (Wildman–Crippen LogP) is 5.06. The maximum absolute atomic E-state index is 14.6. The van der Waals surface area contributed by atoms with E-state index in [1.54, 1.807) is 20.3 Å². The van der Waals surface area contributed by atoms with Gasteiger partial charge in [0.1, 0.15) is 24.0 Å². The molecule has 1 saturated heterocycles. The SMILES string of the molecule is COCC(F)(F)c1cc(N)cc([C@@H](C)Nc2nc(C)nc3cc(OC)c(N4CCC(OC)CC4)cc23)c1. The number of aryl methyl sites for hydroxylation is 1. The van der Waals surface area contributed by atoms with Gasteiger partial charge in [0, 0.05) is 50.0 Å². The van der Waals surface area contributed by atoms with E-state index in [0.717, 1.165) is 48.3 Å². The number of alkyl halides is 2. The molecule has 10 heteroatoms. The largest absolute Gasteiger partial charge is 0.495 e. The molecule has 2 heterocycles. The lowest BCUT2D eigenvalue weighted by Gasteiger charge is -2.34. The topological polar surface area (TPSA) is 94.8 Å². The fourth-order valence-corrected chi connectivity index (χ4v) is 4.80. The Labute approximate surface area is 216 Å². The second kappa shape index (κ2) is 11.0. The Morgan fingerprint density at radius 3 is 2.49 bits per heavy atom. The number of nitrogens with two attached hydrogens (primary N) is 1. The summed E-state index contributed by atoms with van der Waals surface area (Å²) in [5.41, 5.74) is 8.37. The van der Waals surface area contributed by atoms with Crippen LogP contribution in [-0.4, -0.2) is 57.1 Å². The lowest BCUT2D eigenvalue weighted by Crippen LogP contribution is -2.36. The van der Waals surface area contributed by atoms with E-state index in [1.165, 1.54) is 19.2 Å². The molecule has 200 valence electrons. The van der Waals surface area contributed by atoms with E-state index >= 15 is 0 Å². The van der Waals surface area contributed by atoms with Crippen LogP contribution in [0.15, 0.2) is 30.3 Å². The molecule has 3 N–H and O–H groups in total. The lowest BCUT2D eigenvalue weighted by atomic mass is 10.00. The van der Waals surface area contributed by atoms with Crippen LogP contribution in [0.2, 0.25) is 0 Å². The number of nitrogen functional groups attached to an aromatic ring is 1. The second-order valence-corrected chi connectivity index (χ2v) is 9.47. The van der Waals surface area contributed by atoms with Crippen LogP contribution in [-0.2, 0) is 15.4 Å². The highest BCUT2D eigenvalue weighted by molar-refractivity contribution is 5.94. The van der Waals surface area contributed by atoms with Crippen LogP contribution in [0.4, 0.5) is 26.0 Å². The first kappa shape index (κ1) is 26.8. The van der Waals surface area contributed by atoms with Gasteiger partial charge < -0.3 is 30.2 Å². The first-order valence-electron chi connectivity index (χ1n) is 12.3. The van der Waals surface area contributed by atoms with Crippen LogP contribution >= 0.6 is 0 Å². The first-order chi connectivity index (χ1) is 17.6. The number of nitrogens with one attached hydrogen (secondary N) is 1. The third-order valence-corrected chi connectivity index (χ3v) is 6.80. The number of piperidine rings is 1. The maximum atomic E-state index is 14.6. The normalized spacial score (nSPS) is 15.7. The van der Waals surface area contributed by atoms with Gasteiger partial charge in [0.05, 0.1) is 30.5 Å². The molecule has 0 bridgehead atoms. The molecule has 2 aromatic carbocycles. The Morgan fingerprint density at radius 1 is 1.11 bits per heavy atom. The third kappa shape index (κ3) is 5.86. The minimum absolute atomic E-state index is 0.187. The molecule has 0 aliphatic carbocycles. The zero-order valence-electron chi connectivity index (χ0n) is 22.0. The van der Waals surface area contributed by atoms with Crippen molar-refractivity contribution in [1.29, 1.82) is 0 Å². The van der Waals surface area contributed by atoms with Gasteiger partial charge in [-0.25, -0.2) is 9.97 Å². The molecule has 1 fully saturated rings. The summed E-state index contributed by atoms with van der Waals surface area (Å²) in [5.74, 6) is -1.23. The summed E-state index contributed by atoms with van der Waals surface area (Å²) < 4.78 is 45.1. The molecule has 8 nitrogen and oxygen atoms in total. The Bertz CT molecular complexity index is 1250. The van der Waals surface area contributed by atoms with E-state index in [9.17, 15) is 8.78 Å². The van der Waals surface area contributed by atoms with Gasteiger partial charge in [0.15, 0.2) is 0 Å². The molecule has 1 aliphatic rings. The summed E-state index contributed by atoms with van der Waals surface area (Å²) in [5, 5.41) is 4.22. The second-order valence-electron chi connectivity index (χ2n) is 9.47. The number of benzene rings is 2. The monoisotopic (exact) mass is 515 g/mol. The van der Waals surface area contributed by atoms with Gasteiger partial charge in [0.2, 0.25) is 0 Å². The maximum Gasteiger partial charge on any atom is 0.296 e. The van der Waals surface area contributed by atoms with Crippen molar-refractivity contribution in [2.45, 2.75) is 44.8 Å². The van der Waals surface area contributed by atoms with Crippen molar-refractivity contribution >= 4 is 28.1 Å². The number of hydrogen-bond acceptors (Lipinski definition) is 8. The number of nitrogens with zero attached hydrogens (tertiary/aromatic N) is 3. The molecule has 1 aliphatic heterocycles. The number of hydrogen-bond donors (Lipinski definition) is 2. The van der Waals surface area contributed by atoms with E-state index in [-0.39, 0.29) is 23.4 Å². The molecule has 4 rings (SSSR count). The van der Waals surface area contributed by atoms with E-state index in [0.29, 0.717) is 17.2 Å². The van der Waals surface area contributed by atoms with Crippen molar-refractivity contribution in [3.63, 3.8) is 0 Å². The van der Waals surface area contributed by atoms with Gasteiger partial charge in [0.25, 0.3) is 5.92 Å². The van der Waals surface area contributed by atoms with Gasteiger partial charge in [-0.3, -0.25) is 0 Å². The van der Waals surface area contributed by atoms with E-state index in [4.69, 9.17) is 19.9 Å². The summed E-state index contributed by atoms with van der Waals surface area (Å²) in [6.07, 6.45) is 2.11. The van der Waals surface area contributed by atoms with Gasteiger partial charge in [-0.2, -0.15) is 8.78 Å². The molecule has 0 unspecified atom stereocenters. The molecular formula is C27H35F2N5O3. The predicted molar refractivity (Wildman–Crippen MR) is 142 cm³/mol. The number of rotatable bonds is 9. The first-order valence-corrected chi connectivity index (χ1v) is 12.3. The average molecular weight is 516 g/mol. The van der Waals surface area contributed by atoms with Crippen LogP contribution in [0.5, 0.6) is 5.75 Å². The Balaban J connectivity index is 1.70. The molecule has 0 saturated carbocycles. The molecule has 0 radical (unpaired) electrons. The smallest absolute Gasteiger partial charge is 0.296 e. The molecule has 1 aromatic heterocycles. The number of ether oxygens (including phenoxy) is 3. The van der Waals surface area contributed by atoms with Crippen LogP contribution in [0.25, 0.3) is 10.9 Å². The zero-order valence-corrected chi connectivity index (χ0v) is 22.0. The van der Waals surface area contributed by atoms with Crippen molar-refractivity contribution in [3.05, 3.63) is 47.3 Å². The highest BCUT2D eigenvalue weighted by Gasteiger charge is 2.32. The van der Waals surface area contributed by atoms with Crippen molar-refractivity contribution in [1.82, 2.24) is 9.97 Å². The van der Waals surface area contributed by atoms with Crippen LogP contribution < -0.4 is 20.7 Å². The lowest BCUT2D eigenvalue weighted by molar-refractivity contribution is -0.0698. The Hall–Kier alpha value is -3.24. The minimum Gasteiger partial charge on any atom is -0.495 e. The Morgan fingerprint density at radius 2 is 1.84 bits per heavy atom. The fourth-order valence-electron chi connectivity index (χ4n) is 4.80. The van der Waals surface area contributed by atoms with Crippen LogP contribution in [0, 0.1) is 6.92 Å². The van der Waals surface area contributed by atoms with Gasteiger partial charge >= 0.3 is 0 Å². The number of fused-ring (bicyclic) bond motifs is 1. The van der Waals surface area contributed by atoms with E-state index in [1.807, 2.05) is 26.0 Å². The summed E-state index contributed by atoms with van der Waals surface area (Å²) >= 11 is 0. The summed E-state index contributed by atoms with van der Waals surface area (Å²) in [7, 11) is 4.65. The van der Waals surface area contributed by atoms with Crippen molar-refractivity contribution < 1.29 is 23.0 Å². The summed E-state index contributed by atoms with van der Waals surface area (Å²) in [6.45, 7) is 4.66. The highest BCUT2D eigenvalue weighted by Crippen LogP contribution is 2.38. The average Bonchev–Trinajstić information content (AvgIpc) is 2.87. The molecule has 1 atom stereocenters. The molecule has 3 aromatic rings. The zero-order chi connectivity index (χ0) is 26.7. The molecule has 0 amide bonds. The van der Waals surface area contributed by atoms with E-state index in [2.05, 4.69) is 20.2 Å². The highest BCUT2D eigenvalue weighted by atomic mass is 19.3. The molecule has 37 heavy (non-hydrogen) atoms.